The summed E-state index contributed by atoms with van der Waals surface area (Å²) in [5.74, 6) is -0.00913. The number of nitrogens with zero attached hydrogens (tertiary/aromatic N) is 4. The Morgan fingerprint density at radius 1 is 1.32 bits per heavy atom. The van der Waals surface area contributed by atoms with Crippen molar-refractivity contribution in [1.82, 2.24) is 15.2 Å². The fraction of sp³-hybridized carbons (Fsp3) is 0.136. The number of carbonyl (C=O) groups is 1. The van der Waals surface area contributed by atoms with Crippen molar-refractivity contribution in [2.45, 2.75) is 13.8 Å². The average molecular weight is 417 g/mol. The molecular formula is C22H19N5O4. The molecule has 2 N–H and O–H groups in total. The summed E-state index contributed by atoms with van der Waals surface area (Å²) in [5, 5.41) is 26.9. The number of hydrazone groups is 1. The van der Waals surface area contributed by atoms with Crippen LogP contribution in [0, 0.1) is 18.3 Å². The van der Waals surface area contributed by atoms with Crippen LogP contribution in [0.5, 0.6) is 11.5 Å². The average Bonchev–Trinajstić information content (AvgIpc) is 2.75. The number of nitriles is 1. The van der Waals surface area contributed by atoms with E-state index in [1.165, 1.54) is 25.3 Å². The standard InChI is InChI=1S/C22H19N5O4/c1-3-31-18-9-7-16(8-10-18)27-22(30)19(12-23)14(2)20(26-27)21(29)25-24-13-15-5-4-6-17(28)11-15/h4-11,13,28H,3H2,1-2H3,(H,25,29)/b24-13+. The third kappa shape index (κ3) is 4.76. The zero-order valence-electron chi connectivity index (χ0n) is 16.9. The van der Waals surface area contributed by atoms with Crippen molar-refractivity contribution in [3.63, 3.8) is 0 Å². The molecule has 0 aliphatic carbocycles. The molecule has 1 heterocycles. The third-order valence-electron chi connectivity index (χ3n) is 4.31. The first kappa shape index (κ1) is 21.3. The molecule has 3 aromatic rings. The number of hydrogen-bond acceptors (Lipinski definition) is 7. The summed E-state index contributed by atoms with van der Waals surface area (Å²) in [6, 6.07) is 14.7. The number of nitrogens with one attached hydrogen (secondary N) is 1. The van der Waals surface area contributed by atoms with Gasteiger partial charge in [0.25, 0.3) is 11.5 Å². The lowest BCUT2D eigenvalue weighted by Gasteiger charge is -2.11. The second kappa shape index (κ2) is 9.37. The maximum Gasteiger partial charge on any atom is 0.292 e. The summed E-state index contributed by atoms with van der Waals surface area (Å²) >= 11 is 0. The predicted molar refractivity (Wildman–Crippen MR) is 114 cm³/mol. The van der Waals surface area contributed by atoms with Gasteiger partial charge in [0.2, 0.25) is 0 Å². The summed E-state index contributed by atoms with van der Waals surface area (Å²) in [7, 11) is 0. The van der Waals surface area contributed by atoms with Gasteiger partial charge in [-0.25, -0.2) is 5.43 Å². The summed E-state index contributed by atoms with van der Waals surface area (Å²) in [6.07, 6.45) is 1.35. The Hall–Kier alpha value is -4.45. The van der Waals surface area contributed by atoms with Crippen LogP contribution < -0.4 is 15.7 Å². The zero-order chi connectivity index (χ0) is 22.4. The number of phenolic OH excluding ortho intramolecular Hbond substituents is 1. The maximum absolute atomic E-state index is 12.7. The van der Waals surface area contributed by atoms with E-state index in [4.69, 9.17) is 4.74 Å². The van der Waals surface area contributed by atoms with Crippen LogP contribution in [0.1, 0.15) is 34.1 Å². The van der Waals surface area contributed by atoms with Crippen LogP contribution in [-0.2, 0) is 0 Å². The van der Waals surface area contributed by atoms with Gasteiger partial charge in [0.1, 0.15) is 23.1 Å². The highest BCUT2D eigenvalue weighted by molar-refractivity contribution is 5.94. The smallest absolute Gasteiger partial charge is 0.292 e. The minimum absolute atomic E-state index is 0.0638. The van der Waals surface area contributed by atoms with Crippen LogP contribution in [0.15, 0.2) is 58.4 Å². The monoisotopic (exact) mass is 417 g/mol. The van der Waals surface area contributed by atoms with Crippen LogP contribution in [-0.4, -0.2) is 33.6 Å². The molecule has 0 radical (unpaired) electrons. The molecule has 31 heavy (non-hydrogen) atoms. The highest BCUT2D eigenvalue weighted by Gasteiger charge is 2.20. The van der Waals surface area contributed by atoms with E-state index in [1.807, 2.05) is 13.0 Å². The molecule has 1 aromatic heterocycles. The predicted octanol–water partition coefficient (Wildman–Crippen LogP) is 2.28. The van der Waals surface area contributed by atoms with E-state index in [2.05, 4.69) is 15.6 Å². The molecule has 0 aliphatic rings. The van der Waals surface area contributed by atoms with Gasteiger partial charge in [-0.15, -0.1) is 0 Å². The van der Waals surface area contributed by atoms with Gasteiger partial charge in [0, 0.05) is 5.56 Å². The van der Waals surface area contributed by atoms with Crippen LogP contribution in [0.3, 0.4) is 0 Å². The summed E-state index contributed by atoms with van der Waals surface area (Å²) in [5.41, 5.74) is 2.49. The molecule has 0 spiro atoms. The fourth-order valence-corrected chi connectivity index (χ4v) is 2.80. The number of rotatable bonds is 6. The first-order valence-electron chi connectivity index (χ1n) is 9.34. The van der Waals surface area contributed by atoms with Crippen molar-refractivity contribution in [1.29, 1.82) is 5.26 Å². The van der Waals surface area contributed by atoms with Gasteiger partial charge in [-0.2, -0.15) is 20.1 Å². The summed E-state index contributed by atoms with van der Waals surface area (Å²) in [6.45, 7) is 3.82. The number of phenols is 1. The Kier molecular flexibility index (Phi) is 6.42. The molecule has 3 rings (SSSR count). The van der Waals surface area contributed by atoms with E-state index in [0.717, 1.165) is 4.68 Å². The van der Waals surface area contributed by atoms with Crippen molar-refractivity contribution >= 4 is 12.1 Å². The number of amides is 1. The molecule has 0 aliphatic heterocycles. The lowest BCUT2D eigenvalue weighted by Crippen LogP contribution is -2.31. The first-order chi connectivity index (χ1) is 14.9. The van der Waals surface area contributed by atoms with E-state index in [0.29, 0.717) is 23.6 Å². The van der Waals surface area contributed by atoms with Crippen molar-refractivity contribution in [3.8, 4) is 23.3 Å². The highest BCUT2D eigenvalue weighted by atomic mass is 16.5. The maximum atomic E-state index is 12.7. The molecule has 0 atom stereocenters. The van der Waals surface area contributed by atoms with Crippen molar-refractivity contribution in [2.24, 2.45) is 5.10 Å². The van der Waals surface area contributed by atoms with Crippen LogP contribution in [0.25, 0.3) is 5.69 Å². The third-order valence-corrected chi connectivity index (χ3v) is 4.31. The van der Waals surface area contributed by atoms with E-state index < -0.39 is 11.5 Å². The van der Waals surface area contributed by atoms with Crippen LogP contribution in [0.4, 0.5) is 0 Å². The van der Waals surface area contributed by atoms with Crippen molar-refractivity contribution < 1.29 is 14.6 Å². The minimum atomic E-state index is -0.690. The molecule has 0 fully saturated rings. The van der Waals surface area contributed by atoms with Gasteiger partial charge in [0.05, 0.1) is 18.5 Å². The quantitative estimate of drug-likeness (QED) is 0.467. The largest absolute Gasteiger partial charge is 0.508 e. The number of ether oxygens (including phenoxy) is 1. The minimum Gasteiger partial charge on any atom is -0.508 e. The lowest BCUT2D eigenvalue weighted by molar-refractivity contribution is 0.0947. The molecule has 0 bridgehead atoms. The molecular weight excluding hydrogens is 398 g/mol. The molecule has 0 saturated heterocycles. The lowest BCUT2D eigenvalue weighted by atomic mass is 10.1. The molecule has 1 amide bonds. The Morgan fingerprint density at radius 3 is 2.71 bits per heavy atom. The van der Waals surface area contributed by atoms with Crippen LogP contribution in [0.2, 0.25) is 0 Å². The number of hydrogen-bond donors (Lipinski definition) is 2. The Morgan fingerprint density at radius 2 is 2.06 bits per heavy atom. The van der Waals surface area contributed by atoms with Gasteiger partial charge < -0.3 is 9.84 Å². The molecule has 0 unspecified atom stereocenters. The van der Waals surface area contributed by atoms with E-state index in [1.54, 1.807) is 36.4 Å². The topological polar surface area (TPSA) is 130 Å². The van der Waals surface area contributed by atoms with E-state index >= 15 is 0 Å². The van der Waals surface area contributed by atoms with E-state index in [9.17, 15) is 20.0 Å². The van der Waals surface area contributed by atoms with Gasteiger partial charge >= 0.3 is 0 Å². The zero-order valence-corrected chi connectivity index (χ0v) is 16.9. The van der Waals surface area contributed by atoms with Gasteiger partial charge in [-0.1, -0.05) is 12.1 Å². The number of aromatic hydroxyl groups is 1. The second-order valence-electron chi connectivity index (χ2n) is 6.40. The molecule has 2 aromatic carbocycles. The van der Waals surface area contributed by atoms with Crippen molar-refractivity contribution in [2.75, 3.05) is 6.61 Å². The fourth-order valence-electron chi connectivity index (χ4n) is 2.80. The SMILES string of the molecule is CCOc1ccc(-n2nc(C(=O)N/N=C/c3cccc(O)c3)c(C)c(C#N)c2=O)cc1. The number of benzene rings is 2. The van der Waals surface area contributed by atoms with E-state index in [-0.39, 0.29) is 22.6 Å². The molecule has 9 nitrogen and oxygen atoms in total. The second-order valence-corrected chi connectivity index (χ2v) is 6.40. The molecule has 0 saturated carbocycles. The number of carbonyl (C=O) groups excluding carboxylic acids is 1. The Labute approximate surface area is 177 Å². The Bertz CT molecular complexity index is 1240. The molecule has 156 valence electrons. The van der Waals surface area contributed by atoms with Gasteiger partial charge in [-0.05, 0) is 55.8 Å². The van der Waals surface area contributed by atoms with Gasteiger partial charge in [0.15, 0.2) is 5.69 Å². The van der Waals surface area contributed by atoms with Crippen molar-refractivity contribution in [3.05, 3.63) is 81.3 Å². The van der Waals surface area contributed by atoms with Crippen LogP contribution >= 0.6 is 0 Å². The summed E-state index contributed by atoms with van der Waals surface area (Å²) in [4.78, 5) is 25.3. The normalized spacial score (nSPS) is 10.6. The van der Waals surface area contributed by atoms with Gasteiger partial charge in [-0.3, -0.25) is 9.59 Å². The molecule has 9 heteroatoms. The summed E-state index contributed by atoms with van der Waals surface area (Å²) < 4.78 is 6.38. The highest BCUT2D eigenvalue weighted by Crippen LogP contribution is 2.15. The number of aromatic nitrogens is 2. The Balaban J connectivity index is 1.94. The first-order valence-corrected chi connectivity index (χ1v) is 9.34.